The SMILES string of the molecule is COc1ccc(NCCC(=O)Nc2ccc(C)c(C)c2)cc1Cl. The standard InChI is InChI=1S/C18H21ClN2O2/c1-12-4-5-15(10-13(12)2)21-18(22)8-9-20-14-6-7-17(23-3)16(19)11-14/h4-7,10-11,20H,8-9H2,1-3H3,(H,21,22). The molecule has 0 aliphatic carbocycles. The number of rotatable bonds is 6. The van der Waals surface area contributed by atoms with Gasteiger partial charge >= 0.3 is 0 Å². The van der Waals surface area contributed by atoms with Crippen LogP contribution in [0.4, 0.5) is 11.4 Å². The number of aryl methyl sites for hydroxylation is 2. The highest BCUT2D eigenvalue weighted by atomic mass is 35.5. The number of benzene rings is 2. The second-order valence-corrected chi connectivity index (χ2v) is 5.78. The molecule has 2 N–H and O–H groups in total. The predicted octanol–water partition coefficient (Wildman–Crippen LogP) is 4.41. The molecule has 122 valence electrons. The van der Waals surface area contributed by atoms with E-state index in [2.05, 4.69) is 10.6 Å². The van der Waals surface area contributed by atoms with E-state index in [0.29, 0.717) is 23.7 Å². The van der Waals surface area contributed by atoms with E-state index in [9.17, 15) is 4.79 Å². The van der Waals surface area contributed by atoms with E-state index in [4.69, 9.17) is 16.3 Å². The molecule has 5 heteroatoms. The molecular formula is C18H21ClN2O2. The van der Waals surface area contributed by atoms with Crippen LogP contribution >= 0.6 is 11.6 Å². The van der Waals surface area contributed by atoms with Crippen LogP contribution in [0.15, 0.2) is 36.4 Å². The van der Waals surface area contributed by atoms with Gasteiger partial charge in [0, 0.05) is 24.3 Å². The first-order valence-electron chi connectivity index (χ1n) is 7.44. The molecule has 2 aromatic rings. The van der Waals surface area contributed by atoms with E-state index in [1.165, 1.54) is 5.56 Å². The molecule has 0 unspecified atom stereocenters. The molecule has 0 spiro atoms. The van der Waals surface area contributed by atoms with Gasteiger partial charge in [0.05, 0.1) is 12.1 Å². The van der Waals surface area contributed by atoms with Crippen molar-refractivity contribution in [3.05, 3.63) is 52.5 Å². The summed E-state index contributed by atoms with van der Waals surface area (Å²) in [6.07, 6.45) is 0.372. The van der Waals surface area contributed by atoms with E-state index in [0.717, 1.165) is 16.9 Å². The number of anilines is 2. The van der Waals surface area contributed by atoms with Crippen molar-refractivity contribution in [2.75, 3.05) is 24.3 Å². The molecule has 4 nitrogen and oxygen atoms in total. The van der Waals surface area contributed by atoms with E-state index >= 15 is 0 Å². The molecular weight excluding hydrogens is 312 g/mol. The first-order chi connectivity index (χ1) is 11.0. The minimum Gasteiger partial charge on any atom is -0.495 e. The topological polar surface area (TPSA) is 50.4 Å². The monoisotopic (exact) mass is 332 g/mol. The van der Waals surface area contributed by atoms with Gasteiger partial charge in [-0.1, -0.05) is 17.7 Å². The molecule has 2 rings (SSSR count). The lowest BCUT2D eigenvalue weighted by atomic mass is 10.1. The number of methoxy groups -OCH3 is 1. The zero-order chi connectivity index (χ0) is 16.8. The highest BCUT2D eigenvalue weighted by Crippen LogP contribution is 2.27. The van der Waals surface area contributed by atoms with Crippen molar-refractivity contribution in [1.82, 2.24) is 0 Å². The molecule has 0 heterocycles. The first-order valence-corrected chi connectivity index (χ1v) is 7.82. The largest absolute Gasteiger partial charge is 0.495 e. The minimum atomic E-state index is -0.0274. The molecule has 0 bridgehead atoms. The maximum atomic E-state index is 12.0. The number of ether oxygens (including phenoxy) is 1. The second kappa shape index (κ2) is 7.88. The lowest BCUT2D eigenvalue weighted by molar-refractivity contribution is -0.115. The number of carbonyl (C=O) groups is 1. The van der Waals surface area contributed by atoms with Gasteiger partial charge in [-0.05, 0) is 55.3 Å². The molecule has 0 fully saturated rings. The molecule has 0 aliphatic rings. The highest BCUT2D eigenvalue weighted by Gasteiger charge is 2.05. The summed E-state index contributed by atoms with van der Waals surface area (Å²) in [6, 6.07) is 11.3. The molecule has 0 atom stereocenters. The first kappa shape index (κ1) is 17.2. The van der Waals surface area contributed by atoms with Gasteiger partial charge < -0.3 is 15.4 Å². The average molecular weight is 333 g/mol. The Kier molecular flexibility index (Phi) is 5.88. The zero-order valence-corrected chi connectivity index (χ0v) is 14.3. The number of amides is 1. The Balaban J connectivity index is 1.82. The van der Waals surface area contributed by atoms with Crippen molar-refractivity contribution >= 4 is 28.9 Å². The van der Waals surface area contributed by atoms with Crippen LogP contribution in [0.5, 0.6) is 5.75 Å². The molecule has 1 amide bonds. The zero-order valence-electron chi connectivity index (χ0n) is 13.6. The lowest BCUT2D eigenvalue weighted by Gasteiger charge is -2.10. The number of nitrogens with one attached hydrogen (secondary N) is 2. The Morgan fingerprint density at radius 2 is 1.83 bits per heavy atom. The fourth-order valence-electron chi connectivity index (χ4n) is 2.14. The summed E-state index contributed by atoms with van der Waals surface area (Å²) in [5.74, 6) is 0.602. The van der Waals surface area contributed by atoms with Crippen molar-refractivity contribution in [2.24, 2.45) is 0 Å². The van der Waals surface area contributed by atoms with Crippen LogP contribution in [-0.4, -0.2) is 19.6 Å². The number of hydrogen-bond acceptors (Lipinski definition) is 3. The maximum absolute atomic E-state index is 12.0. The van der Waals surface area contributed by atoms with Crippen molar-refractivity contribution in [3.63, 3.8) is 0 Å². The summed E-state index contributed by atoms with van der Waals surface area (Å²) in [7, 11) is 1.57. The van der Waals surface area contributed by atoms with Gasteiger partial charge in [-0.3, -0.25) is 4.79 Å². The van der Waals surface area contributed by atoms with E-state index in [1.54, 1.807) is 19.2 Å². The molecule has 0 radical (unpaired) electrons. The maximum Gasteiger partial charge on any atom is 0.226 e. The van der Waals surface area contributed by atoms with Crippen LogP contribution in [0.1, 0.15) is 17.5 Å². The van der Waals surface area contributed by atoms with Crippen LogP contribution in [0.3, 0.4) is 0 Å². The Labute approximate surface area is 141 Å². The van der Waals surface area contributed by atoms with Gasteiger partial charge in [-0.2, -0.15) is 0 Å². The molecule has 0 aromatic heterocycles. The lowest BCUT2D eigenvalue weighted by Crippen LogP contribution is -2.16. The minimum absolute atomic E-state index is 0.0274. The Hall–Kier alpha value is -2.20. The van der Waals surface area contributed by atoms with Crippen LogP contribution < -0.4 is 15.4 Å². The average Bonchev–Trinajstić information content (AvgIpc) is 2.51. The van der Waals surface area contributed by atoms with E-state index in [1.807, 2.05) is 38.1 Å². The van der Waals surface area contributed by atoms with Crippen molar-refractivity contribution < 1.29 is 9.53 Å². The van der Waals surface area contributed by atoms with Gasteiger partial charge in [-0.15, -0.1) is 0 Å². The van der Waals surface area contributed by atoms with Crippen LogP contribution in [0.2, 0.25) is 5.02 Å². The van der Waals surface area contributed by atoms with Crippen LogP contribution in [-0.2, 0) is 4.79 Å². The summed E-state index contributed by atoms with van der Waals surface area (Å²) < 4.78 is 5.10. The number of carbonyl (C=O) groups excluding carboxylic acids is 1. The molecule has 0 aliphatic heterocycles. The fourth-order valence-corrected chi connectivity index (χ4v) is 2.40. The van der Waals surface area contributed by atoms with Crippen molar-refractivity contribution in [3.8, 4) is 5.75 Å². The summed E-state index contributed by atoms with van der Waals surface area (Å²) >= 11 is 6.06. The fraction of sp³-hybridized carbons (Fsp3) is 0.278. The highest BCUT2D eigenvalue weighted by molar-refractivity contribution is 6.32. The Morgan fingerprint density at radius 3 is 2.48 bits per heavy atom. The molecule has 2 aromatic carbocycles. The third-order valence-electron chi connectivity index (χ3n) is 3.62. The van der Waals surface area contributed by atoms with Crippen LogP contribution in [0, 0.1) is 13.8 Å². The van der Waals surface area contributed by atoms with Gasteiger partial charge in [-0.25, -0.2) is 0 Å². The van der Waals surface area contributed by atoms with Crippen LogP contribution in [0.25, 0.3) is 0 Å². The Morgan fingerprint density at radius 1 is 1.09 bits per heavy atom. The summed E-state index contributed by atoms with van der Waals surface area (Å²) in [6.45, 7) is 4.60. The number of halogens is 1. The third kappa shape index (κ3) is 4.89. The summed E-state index contributed by atoms with van der Waals surface area (Å²) in [5, 5.41) is 6.61. The second-order valence-electron chi connectivity index (χ2n) is 5.37. The third-order valence-corrected chi connectivity index (χ3v) is 3.92. The number of hydrogen-bond donors (Lipinski definition) is 2. The molecule has 23 heavy (non-hydrogen) atoms. The summed E-state index contributed by atoms with van der Waals surface area (Å²) in [5.41, 5.74) is 4.05. The predicted molar refractivity (Wildman–Crippen MR) is 95.7 cm³/mol. The van der Waals surface area contributed by atoms with Gasteiger partial charge in [0.2, 0.25) is 5.91 Å². The van der Waals surface area contributed by atoms with E-state index in [-0.39, 0.29) is 5.91 Å². The smallest absolute Gasteiger partial charge is 0.226 e. The van der Waals surface area contributed by atoms with Crippen molar-refractivity contribution in [1.29, 1.82) is 0 Å². The summed E-state index contributed by atoms with van der Waals surface area (Å²) in [4.78, 5) is 12.0. The Bertz CT molecular complexity index is 701. The van der Waals surface area contributed by atoms with Gasteiger partial charge in [0.15, 0.2) is 0 Å². The quantitative estimate of drug-likeness (QED) is 0.824. The molecule has 0 saturated carbocycles. The van der Waals surface area contributed by atoms with Gasteiger partial charge in [0.1, 0.15) is 5.75 Å². The van der Waals surface area contributed by atoms with Crippen molar-refractivity contribution in [2.45, 2.75) is 20.3 Å². The molecule has 0 saturated heterocycles. The van der Waals surface area contributed by atoms with E-state index < -0.39 is 0 Å². The normalized spacial score (nSPS) is 10.3. The van der Waals surface area contributed by atoms with Gasteiger partial charge in [0.25, 0.3) is 0 Å².